The quantitative estimate of drug-likeness (QED) is 0.559. The van der Waals surface area contributed by atoms with Crippen molar-refractivity contribution >= 4 is 0 Å². The second-order valence-electron chi connectivity index (χ2n) is 3.10. The van der Waals surface area contributed by atoms with Gasteiger partial charge in [-0.1, -0.05) is 50.6 Å². The van der Waals surface area contributed by atoms with Crippen molar-refractivity contribution < 1.29 is 0 Å². The van der Waals surface area contributed by atoms with Crippen molar-refractivity contribution in [1.82, 2.24) is 0 Å². The molecule has 0 aromatic heterocycles. The van der Waals surface area contributed by atoms with Gasteiger partial charge in [-0.25, -0.2) is 0 Å². The Morgan fingerprint density at radius 3 is 1.79 bits per heavy atom. The molecule has 0 aliphatic heterocycles. The highest BCUT2D eigenvalue weighted by Crippen LogP contribution is 2.15. The highest BCUT2D eigenvalue weighted by Gasteiger charge is 1.95. The van der Waals surface area contributed by atoms with Crippen LogP contribution in [0, 0.1) is 0 Å². The Labute approximate surface area is 87.3 Å². The summed E-state index contributed by atoms with van der Waals surface area (Å²) in [5, 5.41) is 0. The first kappa shape index (κ1) is 12.4. The van der Waals surface area contributed by atoms with Crippen LogP contribution in [0.2, 0.25) is 0 Å². The zero-order valence-electron chi connectivity index (χ0n) is 9.14. The number of rotatable bonds is 5. The van der Waals surface area contributed by atoms with E-state index in [1.54, 1.807) is 12.2 Å². The summed E-state index contributed by atoms with van der Waals surface area (Å²) in [6.07, 6.45) is 7.38. The maximum atomic E-state index is 3.88. The van der Waals surface area contributed by atoms with E-state index >= 15 is 0 Å². The summed E-state index contributed by atoms with van der Waals surface area (Å²) >= 11 is 0. The first-order valence-electron chi connectivity index (χ1n) is 4.52. The summed E-state index contributed by atoms with van der Waals surface area (Å²) in [7, 11) is 0. The first-order valence-corrected chi connectivity index (χ1v) is 4.52. The van der Waals surface area contributed by atoms with Crippen LogP contribution in [0.15, 0.2) is 72.9 Å². The van der Waals surface area contributed by atoms with E-state index in [-0.39, 0.29) is 0 Å². The lowest BCUT2D eigenvalue weighted by Crippen LogP contribution is -1.83. The van der Waals surface area contributed by atoms with Crippen molar-refractivity contribution in [2.24, 2.45) is 0 Å². The van der Waals surface area contributed by atoms with Crippen molar-refractivity contribution in [2.45, 2.75) is 13.8 Å². The van der Waals surface area contributed by atoms with Crippen LogP contribution in [0.4, 0.5) is 0 Å². The lowest BCUT2D eigenvalue weighted by Gasteiger charge is -2.03. The molecule has 0 fully saturated rings. The Hall–Kier alpha value is -1.56. The molecule has 0 nitrogen and oxygen atoms in total. The maximum Gasteiger partial charge on any atom is -0.0193 e. The van der Waals surface area contributed by atoms with Gasteiger partial charge in [0.2, 0.25) is 0 Å². The molecule has 0 amide bonds. The Morgan fingerprint density at radius 2 is 1.43 bits per heavy atom. The summed E-state index contributed by atoms with van der Waals surface area (Å²) < 4.78 is 0. The SMILES string of the molecule is C=CC(=C)/C(C=C)=C\C(C)=C(/C)C=C. The molecule has 0 heterocycles. The van der Waals surface area contributed by atoms with Crippen molar-refractivity contribution in [1.29, 1.82) is 0 Å². The molecule has 14 heavy (non-hydrogen) atoms. The van der Waals surface area contributed by atoms with E-state index in [0.717, 1.165) is 22.3 Å². The van der Waals surface area contributed by atoms with Gasteiger partial charge in [-0.2, -0.15) is 0 Å². The third-order valence-electron chi connectivity index (χ3n) is 2.14. The van der Waals surface area contributed by atoms with E-state index in [1.165, 1.54) is 0 Å². The summed E-state index contributed by atoms with van der Waals surface area (Å²) in [4.78, 5) is 0. The van der Waals surface area contributed by atoms with Crippen LogP contribution < -0.4 is 0 Å². The van der Waals surface area contributed by atoms with E-state index in [0.29, 0.717) is 0 Å². The minimum atomic E-state index is 0.885. The predicted octanol–water partition coefficient (Wildman–Crippen LogP) is 4.36. The minimum absolute atomic E-state index is 0.885. The van der Waals surface area contributed by atoms with Crippen molar-refractivity contribution in [2.75, 3.05) is 0 Å². The molecule has 74 valence electrons. The second-order valence-corrected chi connectivity index (χ2v) is 3.10. The van der Waals surface area contributed by atoms with Gasteiger partial charge in [-0.3, -0.25) is 0 Å². The molecule has 0 saturated heterocycles. The molecule has 0 rings (SSSR count). The molecule has 0 aliphatic rings. The zero-order chi connectivity index (χ0) is 11.1. The lowest BCUT2D eigenvalue weighted by atomic mass is 10.0. The summed E-state index contributed by atoms with van der Waals surface area (Å²) in [5.74, 6) is 0. The van der Waals surface area contributed by atoms with Gasteiger partial charge < -0.3 is 0 Å². The highest BCUT2D eigenvalue weighted by atomic mass is 14.0. The molecule has 0 spiro atoms. The fourth-order valence-electron chi connectivity index (χ4n) is 0.909. The van der Waals surface area contributed by atoms with E-state index < -0.39 is 0 Å². The molecule has 0 aliphatic carbocycles. The summed E-state index contributed by atoms with van der Waals surface area (Å²) in [5.41, 5.74) is 4.20. The normalized spacial score (nSPS) is 12.9. The molecular formula is C14H18. The second kappa shape index (κ2) is 5.98. The van der Waals surface area contributed by atoms with Crippen molar-refractivity contribution in [3.8, 4) is 0 Å². The molecule has 0 unspecified atom stereocenters. The fraction of sp³-hybridized carbons (Fsp3) is 0.143. The van der Waals surface area contributed by atoms with Gasteiger partial charge in [0.1, 0.15) is 0 Å². The first-order chi connectivity index (χ1) is 6.56. The van der Waals surface area contributed by atoms with Gasteiger partial charge in [-0.05, 0) is 36.1 Å². The highest BCUT2D eigenvalue weighted by molar-refractivity contribution is 5.47. The van der Waals surface area contributed by atoms with Crippen molar-refractivity contribution in [3.05, 3.63) is 72.9 Å². The van der Waals surface area contributed by atoms with Crippen LogP contribution >= 0.6 is 0 Å². The third kappa shape index (κ3) is 3.44. The van der Waals surface area contributed by atoms with Crippen molar-refractivity contribution in [3.63, 3.8) is 0 Å². The predicted molar refractivity (Wildman–Crippen MR) is 66.2 cm³/mol. The Kier molecular flexibility index (Phi) is 5.31. The molecule has 0 saturated carbocycles. The number of allylic oxidation sites excluding steroid dienone is 8. The van der Waals surface area contributed by atoms with E-state index in [2.05, 4.69) is 26.3 Å². The fourth-order valence-corrected chi connectivity index (χ4v) is 0.909. The minimum Gasteiger partial charge on any atom is -0.0988 e. The molecule has 0 N–H and O–H groups in total. The summed E-state index contributed by atoms with van der Waals surface area (Å²) in [6.45, 7) is 19.1. The van der Waals surface area contributed by atoms with E-state index in [1.807, 2.05) is 26.0 Å². The molecule has 0 atom stereocenters. The Morgan fingerprint density at radius 1 is 0.857 bits per heavy atom. The third-order valence-corrected chi connectivity index (χ3v) is 2.14. The van der Waals surface area contributed by atoms with Crippen LogP contribution in [0.25, 0.3) is 0 Å². The number of hydrogen-bond acceptors (Lipinski definition) is 0. The molecule has 0 aromatic carbocycles. The van der Waals surface area contributed by atoms with Crippen LogP contribution in [-0.4, -0.2) is 0 Å². The van der Waals surface area contributed by atoms with Gasteiger partial charge in [0, 0.05) is 0 Å². The van der Waals surface area contributed by atoms with Crippen LogP contribution in [0.5, 0.6) is 0 Å². The van der Waals surface area contributed by atoms with Gasteiger partial charge in [-0.15, -0.1) is 0 Å². The van der Waals surface area contributed by atoms with Crippen LogP contribution in [-0.2, 0) is 0 Å². The lowest BCUT2D eigenvalue weighted by molar-refractivity contribution is 1.36. The van der Waals surface area contributed by atoms with Gasteiger partial charge in [0.15, 0.2) is 0 Å². The molecule has 0 aromatic rings. The zero-order valence-corrected chi connectivity index (χ0v) is 9.14. The molecule has 0 bridgehead atoms. The largest absolute Gasteiger partial charge is 0.0988 e. The number of hydrogen-bond donors (Lipinski definition) is 0. The summed E-state index contributed by atoms with van der Waals surface area (Å²) in [6, 6.07) is 0. The molecular weight excluding hydrogens is 168 g/mol. The van der Waals surface area contributed by atoms with Gasteiger partial charge >= 0.3 is 0 Å². The average molecular weight is 186 g/mol. The topological polar surface area (TPSA) is 0 Å². The van der Waals surface area contributed by atoms with E-state index in [4.69, 9.17) is 0 Å². The van der Waals surface area contributed by atoms with Crippen LogP contribution in [0.3, 0.4) is 0 Å². The monoisotopic (exact) mass is 186 g/mol. The van der Waals surface area contributed by atoms with E-state index in [9.17, 15) is 0 Å². The maximum absolute atomic E-state index is 3.88. The smallest absolute Gasteiger partial charge is 0.0193 e. The Balaban J connectivity index is 5.13. The van der Waals surface area contributed by atoms with Gasteiger partial charge in [0.05, 0.1) is 0 Å². The molecule has 0 heteroatoms. The van der Waals surface area contributed by atoms with Crippen LogP contribution in [0.1, 0.15) is 13.8 Å². The Bertz CT molecular complexity index is 322. The van der Waals surface area contributed by atoms with Gasteiger partial charge in [0.25, 0.3) is 0 Å². The standard InChI is InChI=1S/C14H18/c1-7-11(4)13(6)10-14(9-3)12(5)8-2/h7-10H,1-3,5H2,4,6H3/b13-11+,14-10-. The average Bonchev–Trinajstić information content (AvgIpc) is 2.22. The molecule has 0 radical (unpaired) electrons.